The van der Waals surface area contributed by atoms with Gasteiger partial charge in [0.2, 0.25) is 0 Å². The Balaban J connectivity index is 3.29. The van der Waals surface area contributed by atoms with Gasteiger partial charge >= 0.3 is 5.97 Å². The van der Waals surface area contributed by atoms with Crippen LogP contribution in [-0.4, -0.2) is 50.7 Å². The number of rotatable bonds is 13. The molecule has 0 aromatic carbocycles. The number of carbonyl (C=O) groups is 1. The lowest BCUT2D eigenvalue weighted by Gasteiger charge is -2.13. The van der Waals surface area contributed by atoms with Crippen LogP contribution in [-0.2, 0) is 9.53 Å². The van der Waals surface area contributed by atoms with Crippen LogP contribution in [0, 0.1) is 0 Å². The summed E-state index contributed by atoms with van der Waals surface area (Å²) in [5, 5.41) is 3.44. The lowest BCUT2D eigenvalue weighted by Crippen LogP contribution is -2.22. The molecular weight excluding hydrogens is 252 g/mol. The fraction of sp³-hybridized carbons (Fsp3) is 0.938. The highest BCUT2D eigenvalue weighted by Crippen LogP contribution is 2.07. The predicted molar refractivity (Wildman–Crippen MR) is 85.0 cm³/mol. The number of unbranched alkanes of at least 4 members (excludes halogenated alkanes) is 2. The van der Waals surface area contributed by atoms with Crippen molar-refractivity contribution < 1.29 is 9.53 Å². The lowest BCUT2D eigenvalue weighted by atomic mass is 10.2. The molecule has 0 aromatic rings. The third-order valence-corrected chi connectivity index (χ3v) is 3.40. The number of carbonyl (C=O) groups excluding carboxylic acids is 1. The first-order chi connectivity index (χ1) is 9.60. The Hall–Kier alpha value is -0.610. The van der Waals surface area contributed by atoms with Gasteiger partial charge in [0.15, 0.2) is 0 Å². The van der Waals surface area contributed by atoms with Gasteiger partial charge in [0.25, 0.3) is 0 Å². The molecule has 4 heteroatoms. The minimum atomic E-state index is -0.0300. The molecule has 0 radical (unpaired) electrons. The molecule has 0 heterocycles. The fourth-order valence-electron chi connectivity index (χ4n) is 2.04. The van der Waals surface area contributed by atoms with E-state index in [1.165, 1.54) is 6.42 Å². The van der Waals surface area contributed by atoms with Gasteiger partial charge in [-0.05, 0) is 65.8 Å². The second kappa shape index (κ2) is 13.4. The third kappa shape index (κ3) is 12.4. The molecule has 0 aliphatic heterocycles. The maximum absolute atomic E-state index is 11.6. The zero-order valence-corrected chi connectivity index (χ0v) is 13.9. The van der Waals surface area contributed by atoms with Gasteiger partial charge in [0, 0.05) is 6.42 Å². The number of esters is 1. The van der Waals surface area contributed by atoms with Gasteiger partial charge in [-0.25, -0.2) is 0 Å². The summed E-state index contributed by atoms with van der Waals surface area (Å²) in [5.74, 6) is -0.0300. The van der Waals surface area contributed by atoms with Crippen LogP contribution in [0.5, 0.6) is 0 Å². The van der Waals surface area contributed by atoms with Crippen LogP contribution in [0.2, 0.25) is 0 Å². The van der Waals surface area contributed by atoms with E-state index in [1.54, 1.807) is 0 Å². The summed E-state index contributed by atoms with van der Waals surface area (Å²) in [7, 11) is 4.20. The monoisotopic (exact) mass is 286 g/mol. The second-order valence-electron chi connectivity index (χ2n) is 5.65. The molecular formula is C16H34N2O2. The summed E-state index contributed by atoms with van der Waals surface area (Å²) in [6, 6.07) is 0. The van der Waals surface area contributed by atoms with Crippen LogP contribution < -0.4 is 5.32 Å². The maximum Gasteiger partial charge on any atom is 0.306 e. The quantitative estimate of drug-likeness (QED) is 0.417. The molecule has 0 unspecified atom stereocenters. The number of nitrogens with zero attached hydrogens (tertiary/aromatic N) is 1. The molecule has 4 nitrogen and oxygen atoms in total. The fourth-order valence-corrected chi connectivity index (χ4v) is 2.04. The summed E-state index contributed by atoms with van der Waals surface area (Å²) >= 11 is 0. The second-order valence-corrected chi connectivity index (χ2v) is 5.65. The molecule has 0 spiro atoms. The molecule has 20 heavy (non-hydrogen) atoms. The molecule has 0 aromatic heterocycles. The zero-order valence-electron chi connectivity index (χ0n) is 13.9. The molecule has 0 fully saturated rings. The number of ether oxygens (including phenoxy) is 1. The normalized spacial score (nSPS) is 11.3. The molecule has 0 atom stereocenters. The van der Waals surface area contributed by atoms with Gasteiger partial charge in [0.1, 0.15) is 6.10 Å². The van der Waals surface area contributed by atoms with Crippen molar-refractivity contribution in [1.82, 2.24) is 10.2 Å². The van der Waals surface area contributed by atoms with Crippen molar-refractivity contribution in [2.45, 2.75) is 64.9 Å². The van der Waals surface area contributed by atoms with Gasteiger partial charge < -0.3 is 15.0 Å². The third-order valence-electron chi connectivity index (χ3n) is 3.40. The van der Waals surface area contributed by atoms with Crippen LogP contribution in [0.3, 0.4) is 0 Å². The summed E-state index contributed by atoms with van der Waals surface area (Å²) in [4.78, 5) is 13.8. The number of nitrogens with one attached hydrogen (secondary N) is 1. The van der Waals surface area contributed by atoms with E-state index in [0.29, 0.717) is 6.42 Å². The number of hydrogen-bond donors (Lipinski definition) is 1. The molecule has 0 aliphatic carbocycles. The van der Waals surface area contributed by atoms with E-state index < -0.39 is 0 Å². The predicted octanol–water partition coefficient (Wildman–Crippen LogP) is 2.82. The highest BCUT2D eigenvalue weighted by Gasteiger charge is 2.09. The molecule has 0 bridgehead atoms. The van der Waals surface area contributed by atoms with Gasteiger partial charge in [-0.1, -0.05) is 20.3 Å². The lowest BCUT2D eigenvalue weighted by molar-refractivity contribution is -0.149. The minimum absolute atomic E-state index is 0.0300. The van der Waals surface area contributed by atoms with E-state index in [-0.39, 0.29) is 12.1 Å². The largest absolute Gasteiger partial charge is 0.462 e. The van der Waals surface area contributed by atoms with Crippen molar-refractivity contribution >= 4 is 5.97 Å². The Labute approximate surface area is 125 Å². The van der Waals surface area contributed by atoms with Crippen LogP contribution >= 0.6 is 0 Å². The molecule has 1 N–H and O–H groups in total. The Kier molecular flexibility index (Phi) is 13.0. The van der Waals surface area contributed by atoms with Crippen LogP contribution in [0.15, 0.2) is 0 Å². The Morgan fingerprint density at radius 1 is 1.05 bits per heavy atom. The molecule has 120 valence electrons. The molecule has 0 amide bonds. The van der Waals surface area contributed by atoms with E-state index in [0.717, 1.165) is 51.7 Å². The summed E-state index contributed by atoms with van der Waals surface area (Å²) in [6.45, 7) is 7.38. The summed E-state index contributed by atoms with van der Waals surface area (Å²) in [5.41, 5.74) is 0. The number of hydrogen-bond acceptors (Lipinski definition) is 4. The van der Waals surface area contributed by atoms with Gasteiger partial charge in [-0.3, -0.25) is 4.79 Å². The molecule has 0 saturated heterocycles. The Bertz CT molecular complexity index is 229. The summed E-state index contributed by atoms with van der Waals surface area (Å²) in [6.07, 6.45) is 6.88. The van der Waals surface area contributed by atoms with Crippen molar-refractivity contribution in [3.05, 3.63) is 0 Å². The van der Waals surface area contributed by atoms with Crippen LogP contribution in [0.4, 0.5) is 0 Å². The van der Waals surface area contributed by atoms with E-state index in [4.69, 9.17) is 4.74 Å². The van der Waals surface area contributed by atoms with Crippen molar-refractivity contribution in [3.8, 4) is 0 Å². The van der Waals surface area contributed by atoms with Gasteiger partial charge in [-0.15, -0.1) is 0 Å². The van der Waals surface area contributed by atoms with Crippen molar-refractivity contribution in [2.24, 2.45) is 0 Å². The van der Waals surface area contributed by atoms with E-state index in [1.807, 2.05) is 0 Å². The van der Waals surface area contributed by atoms with Gasteiger partial charge in [0.05, 0.1) is 0 Å². The van der Waals surface area contributed by atoms with E-state index >= 15 is 0 Å². The first-order valence-corrected chi connectivity index (χ1v) is 8.15. The van der Waals surface area contributed by atoms with Crippen LogP contribution in [0.25, 0.3) is 0 Å². The Morgan fingerprint density at radius 2 is 1.70 bits per heavy atom. The van der Waals surface area contributed by atoms with Gasteiger partial charge in [-0.2, -0.15) is 0 Å². The van der Waals surface area contributed by atoms with E-state index in [9.17, 15) is 4.79 Å². The first-order valence-electron chi connectivity index (χ1n) is 8.15. The van der Waals surface area contributed by atoms with Crippen molar-refractivity contribution in [2.75, 3.05) is 33.7 Å². The first kappa shape index (κ1) is 19.4. The summed E-state index contributed by atoms with van der Waals surface area (Å²) < 4.78 is 5.37. The zero-order chi connectivity index (χ0) is 15.2. The molecule has 0 saturated carbocycles. The molecule has 0 rings (SSSR count). The van der Waals surface area contributed by atoms with E-state index in [2.05, 4.69) is 38.2 Å². The molecule has 0 aliphatic rings. The highest BCUT2D eigenvalue weighted by atomic mass is 16.5. The standard InChI is InChI=1S/C16H34N2O2/c1-5-15(6-2)20-16(19)11-8-7-9-12-17-13-10-14-18(3)4/h15,17H,5-14H2,1-4H3. The highest BCUT2D eigenvalue weighted by molar-refractivity contribution is 5.69. The van der Waals surface area contributed by atoms with Crippen molar-refractivity contribution in [3.63, 3.8) is 0 Å². The van der Waals surface area contributed by atoms with Crippen LogP contribution in [0.1, 0.15) is 58.8 Å². The SMILES string of the molecule is CCC(CC)OC(=O)CCCCCNCCCN(C)C. The smallest absolute Gasteiger partial charge is 0.306 e. The minimum Gasteiger partial charge on any atom is -0.462 e. The maximum atomic E-state index is 11.6. The average molecular weight is 286 g/mol. The Morgan fingerprint density at radius 3 is 2.30 bits per heavy atom. The topological polar surface area (TPSA) is 41.6 Å². The average Bonchev–Trinajstić information content (AvgIpc) is 2.42. The van der Waals surface area contributed by atoms with Crippen molar-refractivity contribution in [1.29, 1.82) is 0 Å².